The van der Waals surface area contributed by atoms with Gasteiger partial charge in [-0.25, -0.2) is 19.6 Å². The minimum atomic E-state index is -0.700. The van der Waals surface area contributed by atoms with Crippen molar-refractivity contribution in [2.24, 2.45) is 11.8 Å². The van der Waals surface area contributed by atoms with Gasteiger partial charge in [-0.1, -0.05) is 64.1 Å². The Kier molecular flexibility index (Phi) is 11.7. The van der Waals surface area contributed by atoms with Crippen molar-refractivity contribution in [1.29, 1.82) is 0 Å². The molecular weight excluding hydrogens is 789 g/mol. The molecule has 2 aromatic carbocycles. The number of carbonyl (C=O) groups is 4. The average molecular weight is 841 g/mol. The first-order chi connectivity index (χ1) is 28.5. The number of nitrogens with zero attached hydrogens (tertiary/aromatic N) is 4. The number of fused-ring (bicyclic) bond motifs is 5. The predicted molar refractivity (Wildman–Crippen MR) is 229 cm³/mol. The molecule has 14 nitrogen and oxygen atoms in total. The highest BCUT2D eigenvalue weighted by Gasteiger charge is 2.42. The van der Waals surface area contributed by atoms with Crippen molar-refractivity contribution in [3.8, 4) is 33.6 Å². The minimum Gasteiger partial charge on any atom is -0.453 e. The minimum absolute atomic E-state index is 0.111. The number of thioether (sulfide) groups is 2. The Balaban J connectivity index is 1.01. The molecule has 2 aromatic heterocycles. The van der Waals surface area contributed by atoms with Gasteiger partial charge in [0, 0.05) is 30.2 Å². The van der Waals surface area contributed by atoms with Crippen LogP contribution in [0, 0.1) is 11.8 Å². The van der Waals surface area contributed by atoms with Crippen molar-refractivity contribution < 1.29 is 28.7 Å². The Morgan fingerprint density at radius 2 is 1.14 bits per heavy atom. The van der Waals surface area contributed by atoms with Gasteiger partial charge in [-0.15, -0.1) is 23.5 Å². The fourth-order valence-electron chi connectivity index (χ4n) is 9.15. The van der Waals surface area contributed by atoms with Gasteiger partial charge in [0.1, 0.15) is 34.5 Å². The molecule has 3 fully saturated rings. The number of nitrogens with one attached hydrogen (secondary N) is 4. The van der Waals surface area contributed by atoms with Crippen LogP contribution in [-0.2, 0) is 19.1 Å². The molecule has 0 radical (unpaired) electrons. The van der Waals surface area contributed by atoms with Crippen LogP contribution >= 0.6 is 23.5 Å². The summed E-state index contributed by atoms with van der Waals surface area (Å²) in [6.07, 6.45) is 5.98. The second-order valence-electron chi connectivity index (χ2n) is 16.4. The molecule has 4 heterocycles. The highest BCUT2D eigenvalue weighted by Crippen LogP contribution is 2.58. The van der Waals surface area contributed by atoms with E-state index in [4.69, 9.17) is 19.4 Å². The fraction of sp³-hybridized carbons (Fsp3) is 0.488. The van der Waals surface area contributed by atoms with Gasteiger partial charge in [0.25, 0.3) is 0 Å². The van der Waals surface area contributed by atoms with Crippen LogP contribution in [0.15, 0.2) is 48.8 Å². The molecule has 6 unspecified atom stereocenters. The van der Waals surface area contributed by atoms with Crippen molar-refractivity contribution in [1.82, 2.24) is 40.4 Å². The molecule has 0 spiro atoms. The Morgan fingerprint density at radius 3 is 1.64 bits per heavy atom. The summed E-state index contributed by atoms with van der Waals surface area (Å²) in [5.74, 6) is 3.45. The largest absolute Gasteiger partial charge is 0.453 e. The molecule has 8 rings (SSSR count). The Morgan fingerprint density at radius 1 is 0.678 bits per heavy atom. The standard InChI is InChI=1S/C43H52N8O6S2/c1-22(2)34(48-42(54)56-5)38(52)50-15-17-58-40(50)36-44-20-30(46-36)25-9-7-24(8-10-25)28-13-14-29(33-27-12-11-26(19-27)32(28)33)31-21-45-37(47-31)41-51(16-18-59-41)39(53)35(23(3)4)49-43(55)57-6/h7-10,13-14,20-23,26-27,34-35,40-41H,11-12,15-19H2,1-6H3,(H,44,46)(H,45,47)(H,48,54)(H,49,55). The quantitative estimate of drug-likeness (QED) is 0.119. The van der Waals surface area contributed by atoms with E-state index in [0.717, 1.165) is 46.3 Å². The summed E-state index contributed by atoms with van der Waals surface area (Å²) in [7, 11) is 2.59. The molecule has 4 aliphatic rings. The number of rotatable bonds is 11. The summed E-state index contributed by atoms with van der Waals surface area (Å²) in [5.41, 5.74) is 9.23. The van der Waals surface area contributed by atoms with E-state index in [1.807, 2.05) is 45.0 Å². The summed E-state index contributed by atoms with van der Waals surface area (Å²) in [5, 5.41) is 4.86. The number of aromatic nitrogens is 4. The number of amides is 4. The third kappa shape index (κ3) is 7.81. The van der Waals surface area contributed by atoms with Gasteiger partial charge < -0.3 is 39.9 Å². The normalized spacial score (nSPS) is 21.8. The van der Waals surface area contributed by atoms with Crippen LogP contribution in [0.3, 0.4) is 0 Å². The van der Waals surface area contributed by atoms with Crippen molar-refractivity contribution in [3.63, 3.8) is 0 Å². The molecule has 2 bridgehead atoms. The Labute approximate surface area is 352 Å². The Hall–Kier alpha value is -4.96. The van der Waals surface area contributed by atoms with E-state index in [-0.39, 0.29) is 34.4 Å². The van der Waals surface area contributed by atoms with E-state index in [1.54, 1.807) is 28.4 Å². The predicted octanol–water partition coefficient (Wildman–Crippen LogP) is 7.41. The summed E-state index contributed by atoms with van der Waals surface area (Å²) in [6, 6.07) is 11.7. The molecule has 4 aromatic rings. The van der Waals surface area contributed by atoms with Gasteiger partial charge in [0.15, 0.2) is 0 Å². The van der Waals surface area contributed by atoms with Crippen LogP contribution in [-0.4, -0.2) is 105 Å². The van der Waals surface area contributed by atoms with Crippen LogP contribution in [0.1, 0.15) is 92.3 Å². The lowest BCUT2D eigenvalue weighted by Crippen LogP contribution is -2.51. The van der Waals surface area contributed by atoms with Gasteiger partial charge in [0.2, 0.25) is 11.8 Å². The lowest BCUT2D eigenvalue weighted by Gasteiger charge is -2.29. The second kappa shape index (κ2) is 17.0. The lowest BCUT2D eigenvalue weighted by atomic mass is 9.82. The number of hydrogen-bond acceptors (Lipinski definition) is 10. The van der Waals surface area contributed by atoms with Gasteiger partial charge in [-0.2, -0.15) is 0 Å². The number of benzene rings is 2. The number of H-pyrrole nitrogens is 2. The molecular formula is C43H52N8O6S2. The fourth-order valence-corrected chi connectivity index (χ4v) is 11.5. The third-order valence-corrected chi connectivity index (χ3v) is 14.5. The molecule has 6 atom stereocenters. The number of alkyl carbamates (subject to hydrolysis) is 2. The van der Waals surface area contributed by atoms with Crippen LogP contribution in [0.2, 0.25) is 0 Å². The molecule has 1 saturated carbocycles. The van der Waals surface area contributed by atoms with E-state index >= 15 is 0 Å². The number of aromatic amines is 2. The molecule has 4 amide bonds. The molecule has 2 saturated heterocycles. The monoisotopic (exact) mass is 840 g/mol. The molecule has 16 heteroatoms. The zero-order valence-electron chi connectivity index (χ0n) is 34.2. The van der Waals surface area contributed by atoms with E-state index in [2.05, 4.69) is 57.0 Å². The molecule has 312 valence electrons. The lowest BCUT2D eigenvalue weighted by molar-refractivity contribution is -0.135. The maximum absolute atomic E-state index is 13.7. The highest BCUT2D eigenvalue weighted by molar-refractivity contribution is 8.00. The molecule has 59 heavy (non-hydrogen) atoms. The first kappa shape index (κ1) is 40.8. The zero-order chi connectivity index (χ0) is 41.5. The molecule has 2 aliphatic heterocycles. The van der Waals surface area contributed by atoms with Gasteiger partial charge in [0.05, 0.1) is 38.0 Å². The SMILES string of the molecule is COC(=O)NC(C(=O)N1CCSC1c1ncc(-c2ccc(-c3ccc(-c4cnc(C5SCCN5C(=O)C(NC(=O)OC)C(C)C)[nH]4)c4c3C3CCC4C3)cc2)[nH]1)C(C)C. The van der Waals surface area contributed by atoms with Crippen molar-refractivity contribution >= 4 is 47.5 Å². The number of ether oxygens (including phenoxy) is 2. The van der Waals surface area contributed by atoms with Gasteiger partial charge in [-0.3, -0.25) is 9.59 Å². The first-order valence-electron chi connectivity index (χ1n) is 20.4. The van der Waals surface area contributed by atoms with E-state index in [0.29, 0.717) is 30.7 Å². The third-order valence-electron chi connectivity index (χ3n) is 12.1. The van der Waals surface area contributed by atoms with Crippen molar-refractivity contribution in [3.05, 3.63) is 71.6 Å². The highest BCUT2D eigenvalue weighted by atomic mass is 32.2. The summed E-state index contributed by atoms with van der Waals surface area (Å²) >= 11 is 3.32. The number of carbonyl (C=O) groups excluding carboxylic acids is 4. The average Bonchev–Trinajstić information content (AvgIpc) is 4.10. The Bertz CT molecular complexity index is 2220. The number of methoxy groups -OCH3 is 2. The summed E-state index contributed by atoms with van der Waals surface area (Å²) in [4.78, 5) is 71.7. The van der Waals surface area contributed by atoms with Crippen molar-refractivity contribution in [2.75, 3.05) is 38.8 Å². The van der Waals surface area contributed by atoms with Crippen LogP contribution in [0.25, 0.3) is 33.6 Å². The van der Waals surface area contributed by atoms with E-state index in [9.17, 15) is 19.2 Å². The number of hydrogen-bond donors (Lipinski definition) is 4. The maximum atomic E-state index is 13.7. The molecule has 2 aliphatic carbocycles. The zero-order valence-corrected chi connectivity index (χ0v) is 35.9. The second-order valence-corrected chi connectivity index (χ2v) is 18.7. The van der Waals surface area contributed by atoms with Crippen LogP contribution in [0.5, 0.6) is 0 Å². The maximum Gasteiger partial charge on any atom is 0.407 e. The van der Waals surface area contributed by atoms with Gasteiger partial charge in [-0.05, 0) is 70.8 Å². The first-order valence-corrected chi connectivity index (χ1v) is 22.5. The summed E-state index contributed by atoms with van der Waals surface area (Å²) in [6.45, 7) is 8.77. The smallest absolute Gasteiger partial charge is 0.407 e. The van der Waals surface area contributed by atoms with E-state index < -0.39 is 24.3 Å². The van der Waals surface area contributed by atoms with Crippen molar-refractivity contribution in [2.45, 2.75) is 81.6 Å². The van der Waals surface area contributed by atoms with Crippen LogP contribution in [0.4, 0.5) is 9.59 Å². The van der Waals surface area contributed by atoms with Crippen LogP contribution < -0.4 is 10.6 Å². The molecule has 4 N–H and O–H groups in total. The number of imidazole rings is 2. The van der Waals surface area contributed by atoms with E-state index in [1.165, 1.54) is 49.3 Å². The topological polar surface area (TPSA) is 175 Å². The van der Waals surface area contributed by atoms with Gasteiger partial charge >= 0.3 is 12.2 Å². The summed E-state index contributed by atoms with van der Waals surface area (Å²) < 4.78 is 9.58.